The largest absolute Gasteiger partial charge is 0.451 e. The van der Waals surface area contributed by atoms with E-state index in [2.05, 4.69) is 30.1 Å². The minimum Gasteiger partial charge on any atom is -0.451 e. The minimum atomic E-state index is -1.58. The van der Waals surface area contributed by atoms with Crippen LogP contribution in [0.15, 0.2) is 110 Å². The number of hydrogen-bond donors (Lipinski definition) is 0. The predicted molar refractivity (Wildman–Crippen MR) is 340 cm³/mol. The number of hydrogen-bond acceptors (Lipinski definition) is 18. The van der Waals surface area contributed by atoms with Gasteiger partial charge in [-0.15, -0.1) is 0 Å². The van der Waals surface area contributed by atoms with E-state index in [0.717, 1.165) is 42.1 Å². The Bertz CT molecular complexity index is 3220. The van der Waals surface area contributed by atoms with E-state index in [9.17, 15) is 28.8 Å². The van der Waals surface area contributed by atoms with E-state index in [1.807, 2.05) is 91.8 Å². The quantitative estimate of drug-likeness (QED) is 0.0614. The molecule has 5 heterocycles. The fourth-order valence-corrected chi connectivity index (χ4v) is 11.0. The van der Waals surface area contributed by atoms with Gasteiger partial charge in [-0.3, -0.25) is 48.5 Å². The number of nitrogens with zero attached hydrogens (tertiary/aromatic N) is 12. The molecule has 0 aliphatic carbocycles. The van der Waals surface area contributed by atoms with Crippen LogP contribution < -0.4 is 0 Å². The van der Waals surface area contributed by atoms with E-state index in [4.69, 9.17) is 18.9 Å². The number of esters is 4. The molecule has 2 aromatic carbocycles. The molecule has 0 unspecified atom stereocenters. The molecule has 0 bridgehead atoms. The third-order valence-electron chi connectivity index (χ3n) is 16.1. The summed E-state index contributed by atoms with van der Waals surface area (Å²) in [4.78, 5) is 140. The zero-order valence-corrected chi connectivity index (χ0v) is 55.2. The van der Waals surface area contributed by atoms with Crippen LogP contribution in [0.3, 0.4) is 0 Å². The Morgan fingerprint density at radius 1 is 0.380 bits per heavy atom. The Morgan fingerprint density at radius 3 is 0.967 bits per heavy atom. The Morgan fingerprint density at radius 2 is 0.674 bits per heavy atom. The summed E-state index contributed by atoms with van der Waals surface area (Å²) >= 11 is 0. The summed E-state index contributed by atoms with van der Waals surface area (Å²) in [6.45, 7) is 18.2. The lowest BCUT2D eigenvalue weighted by Gasteiger charge is -2.35. The molecule has 1 saturated heterocycles. The fourth-order valence-electron chi connectivity index (χ4n) is 11.0. The van der Waals surface area contributed by atoms with Crippen molar-refractivity contribution in [1.29, 1.82) is 0 Å². The van der Waals surface area contributed by atoms with Crippen LogP contribution in [0.5, 0.6) is 0 Å². The van der Waals surface area contributed by atoms with Crippen molar-refractivity contribution in [3.63, 3.8) is 0 Å². The number of benzene rings is 2. The number of rotatable bonds is 18. The third kappa shape index (κ3) is 18.5. The highest BCUT2D eigenvalue weighted by molar-refractivity contribution is 5.94. The van der Waals surface area contributed by atoms with Gasteiger partial charge in [0, 0.05) is 78.2 Å². The molecule has 0 saturated carbocycles. The Labute approximate surface area is 538 Å². The second kappa shape index (κ2) is 32.2. The monoisotopic (exact) mass is 1260 g/mol. The standard InChI is InChI=1S/C68H88N12O12/c1-41(2)31-55-65(85)89-45(9)61(81)75(11)58(34-44(7)8)68(88)92-60(36-48-17-21-50(22-18-48)40-80-54(24-26-74-80)52-38-70-28-30-72-52)64(84)78(14)56(32-42(3)4)66(86)90-46(10)62(82)76(12)57(33-43(5)6)67(87)91-59(63(83)77(55)13)35-47-15-19-49(20-16-47)39-79-53(23-25-73-79)51-37-69-27-29-71-51/h15-30,37-38,41-46,55-60H,31-36,39-40H2,1-14H3/t45-,46-,55+,56+,57+,58+,59-,60-/m1/s1. The van der Waals surface area contributed by atoms with E-state index in [-0.39, 0.29) is 62.2 Å². The second-order valence-corrected chi connectivity index (χ2v) is 25.4. The molecule has 1 aliphatic rings. The summed E-state index contributed by atoms with van der Waals surface area (Å²) in [5, 5.41) is 8.98. The lowest BCUT2D eigenvalue weighted by atomic mass is 9.99. The van der Waals surface area contributed by atoms with Gasteiger partial charge in [0.1, 0.15) is 35.6 Å². The summed E-state index contributed by atoms with van der Waals surface area (Å²) in [6.07, 6.45) is 6.68. The number of carbonyl (C=O) groups is 8. The van der Waals surface area contributed by atoms with Gasteiger partial charge in [-0.1, -0.05) is 104 Å². The number of aromatic nitrogens is 8. The van der Waals surface area contributed by atoms with Gasteiger partial charge in [0.25, 0.3) is 23.6 Å². The smallest absolute Gasteiger partial charge is 0.329 e. The van der Waals surface area contributed by atoms with Crippen LogP contribution in [0.4, 0.5) is 0 Å². The maximum Gasteiger partial charge on any atom is 0.329 e. The molecule has 4 aromatic heterocycles. The molecule has 24 heteroatoms. The van der Waals surface area contributed by atoms with E-state index >= 15 is 9.59 Å². The van der Waals surface area contributed by atoms with Crippen LogP contribution in [0, 0.1) is 23.7 Å². The first-order valence-corrected chi connectivity index (χ1v) is 31.3. The molecule has 0 spiro atoms. The van der Waals surface area contributed by atoms with Gasteiger partial charge in [-0.25, -0.2) is 19.2 Å². The van der Waals surface area contributed by atoms with Gasteiger partial charge in [0.15, 0.2) is 24.4 Å². The first-order valence-electron chi connectivity index (χ1n) is 31.3. The van der Waals surface area contributed by atoms with Crippen LogP contribution in [-0.2, 0) is 83.2 Å². The molecule has 492 valence electrons. The molecule has 1 fully saturated rings. The molecule has 7 rings (SSSR count). The SMILES string of the molecule is CC(C)C[C@H]1C(=O)O[C@H](Cc2ccc(Cn3nccc3-c3cnccn3)cc2)C(=O)N(C)[C@@H](CC(C)C)C(=O)O[C@H](C)C(=O)N(C)[C@@H](CC(C)C)C(=O)O[C@H](Cc2ccc(Cn3nccc3-c3cnccn3)cc2)C(=O)N(C)[C@@H](CC(C)C)C(=O)O[C@H](C)C(=O)N1C. The molecular formula is C68H88N12O12. The summed E-state index contributed by atoms with van der Waals surface area (Å²) in [5.41, 5.74) is 5.62. The molecule has 1 aliphatic heterocycles. The summed E-state index contributed by atoms with van der Waals surface area (Å²) in [5.74, 6) is -7.70. The number of likely N-dealkylation sites (N-methyl/N-ethyl adjacent to an activating group) is 4. The first-order chi connectivity index (χ1) is 43.7. The first kappa shape index (κ1) is 70.2. The molecular weight excluding hydrogens is 1180 g/mol. The average Bonchev–Trinajstić information content (AvgIpc) is 1.06. The van der Waals surface area contributed by atoms with Gasteiger partial charge in [-0.05, 0) is 97.6 Å². The molecule has 0 N–H and O–H groups in total. The third-order valence-corrected chi connectivity index (χ3v) is 16.1. The van der Waals surface area contributed by atoms with Crippen molar-refractivity contribution in [2.75, 3.05) is 28.2 Å². The van der Waals surface area contributed by atoms with Crippen LogP contribution in [0.1, 0.15) is 117 Å². The zero-order chi connectivity index (χ0) is 67.1. The van der Waals surface area contributed by atoms with Crippen molar-refractivity contribution >= 4 is 47.5 Å². The van der Waals surface area contributed by atoms with Gasteiger partial charge in [0.05, 0.1) is 36.9 Å². The van der Waals surface area contributed by atoms with Crippen LogP contribution >= 0.6 is 0 Å². The van der Waals surface area contributed by atoms with Gasteiger partial charge >= 0.3 is 23.9 Å². The second-order valence-electron chi connectivity index (χ2n) is 25.4. The molecule has 8 atom stereocenters. The van der Waals surface area contributed by atoms with Crippen LogP contribution in [0.2, 0.25) is 0 Å². The van der Waals surface area contributed by atoms with Gasteiger partial charge < -0.3 is 38.5 Å². The van der Waals surface area contributed by atoms with E-state index in [0.29, 0.717) is 35.6 Å². The topological polar surface area (TPSA) is 274 Å². The summed E-state index contributed by atoms with van der Waals surface area (Å²) in [6, 6.07) is 13.0. The predicted octanol–water partition coefficient (Wildman–Crippen LogP) is 7.07. The number of amides is 4. The van der Waals surface area contributed by atoms with E-state index in [1.165, 1.54) is 42.0 Å². The zero-order valence-electron chi connectivity index (χ0n) is 55.2. The van der Waals surface area contributed by atoms with Crippen molar-refractivity contribution in [3.05, 3.63) is 132 Å². The molecule has 6 aromatic rings. The van der Waals surface area contributed by atoms with Gasteiger partial charge in [-0.2, -0.15) is 10.2 Å². The van der Waals surface area contributed by atoms with E-state index in [1.54, 1.807) is 83.2 Å². The molecule has 24 nitrogen and oxygen atoms in total. The van der Waals surface area contributed by atoms with Crippen LogP contribution in [-0.4, -0.2) is 183 Å². The average molecular weight is 1270 g/mol. The lowest BCUT2D eigenvalue weighted by molar-refractivity contribution is -0.176. The maximum atomic E-state index is 15.2. The minimum absolute atomic E-state index is 0.0586. The van der Waals surface area contributed by atoms with Crippen molar-refractivity contribution < 1.29 is 57.3 Å². The highest BCUT2D eigenvalue weighted by Crippen LogP contribution is 2.26. The summed E-state index contributed by atoms with van der Waals surface area (Å²) in [7, 11) is 5.54. The molecule has 0 radical (unpaired) electrons. The fraction of sp³-hybridized carbons (Fsp3) is 0.500. The maximum absolute atomic E-state index is 15.2. The number of carbonyl (C=O) groups excluding carboxylic acids is 8. The lowest BCUT2D eigenvalue weighted by Crippen LogP contribution is -2.55. The van der Waals surface area contributed by atoms with Crippen molar-refractivity contribution in [2.24, 2.45) is 23.7 Å². The van der Waals surface area contributed by atoms with Crippen molar-refractivity contribution in [2.45, 2.75) is 169 Å². The Hall–Kier alpha value is -9.22. The molecule has 92 heavy (non-hydrogen) atoms. The van der Waals surface area contributed by atoms with Crippen molar-refractivity contribution in [3.8, 4) is 22.8 Å². The van der Waals surface area contributed by atoms with Crippen molar-refractivity contribution in [1.82, 2.24) is 59.1 Å². The normalized spacial score (nSPS) is 21.7. The van der Waals surface area contributed by atoms with Gasteiger partial charge in [0.2, 0.25) is 0 Å². The number of cyclic esters (lactones) is 4. The highest BCUT2D eigenvalue weighted by Gasteiger charge is 2.43. The van der Waals surface area contributed by atoms with Crippen LogP contribution in [0.25, 0.3) is 22.8 Å². The molecule has 4 amide bonds. The highest BCUT2D eigenvalue weighted by atomic mass is 16.6. The number of ether oxygens (including phenoxy) is 4. The summed E-state index contributed by atoms with van der Waals surface area (Å²) < 4.78 is 28.0. The Balaban J connectivity index is 1.24. The Kier molecular flexibility index (Phi) is 24.6. The van der Waals surface area contributed by atoms with E-state index < -0.39 is 96.1 Å².